The Labute approximate surface area is 170 Å². The third-order valence-electron chi connectivity index (χ3n) is 5.06. The molecule has 3 aromatic rings. The molecule has 1 aromatic heterocycles. The zero-order valence-corrected chi connectivity index (χ0v) is 16.1. The smallest absolute Gasteiger partial charge is 0.341 e. The molecule has 0 bridgehead atoms. The Morgan fingerprint density at radius 1 is 1.24 bits per heavy atom. The van der Waals surface area contributed by atoms with Crippen LogP contribution in [-0.4, -0.2) is 42.4 Å². The molecule has 0 unspecified atom stereocenters. The third-order valence-corrected chi connectivity index (χ3v) is 5.31. The number of carboxylic acid groups (broad SMARTS) is 1. The van der Waals surface area contributed by atoms with Gasteiger partial charge in [0.15, 0.2) is 0 Å². The minimum atomic E-state index is -1.36. The van der Waals surface area contributed by atoms with E-state index in [2.05, 4.69) is 4.98 Å². The second kappa shape index (κ2) is 7.85. The molecule has 0 aliphatic carbocycles. The van der Waals surface area contributed by atoms with Gasteiger partial charge in [-0.25, -0.2) is 9.18 Å². The first-order valence-corrected chi connectivity index (χ1v) is 9.50. The van der Waals surface area contributed by atoms with Gasteiger partial charge in [-0.2, -0.15) is 0 Å². The average molecular weight is 417 g/mol. The van der Waals surface area contributed by atoms with E-state index in [9.17, 15) is 14.7 Å². The van der Waals surface area contributed by atoms with E-state index < -0.39 is 22.8 Å². The standard InChI is InChI=1S/C21H18ClFN2O4/c22-13-3-1-12(2-4-13)9-14-18-15(20(26)16(11-24-18)21(27)28)10-17(23)19(14)25-5-7-29-8-6-25/h1-4,10-11H,5-9H2,(H,24,26)(H,27,28). The van der Waals surface area contributed by atoms with Crippen molar-refractivity contribution in [3.05, 3.63) is 74.3 Å². The molecule has 0 radical (unpaired) electrons. The van der Waals surface area contributed by atoms with Crippen molar-refractivity contribution in [1.29, 1.82) is 0 Å². The number of benzene rings is 2. The largest absolute Gasteiger partial charge is 0.477 e. The van der Waals surface area contributed by atoms with E-state index in [1.807, 2.05) is 17.0 Å². The number of anilines is 1. The van der Waals surface area contributed by atoms with Crippen LogP contribution >= 0.6 is 11.6 Å². The number of aromatic nitrogens is 1. The van der Waals surface area contributed by atoms with Crippen LogP contribution in [0.3, 0.4) is 0 Å². The molecule has 1 aliphatic heterocycles. The van der Waals surface area contributed by atoms with Crippen LogP contribution in [-0.2, 0) is 11.2 Å². The van der Waals surface area contributed by atoms with Crippen LogP contribution in [0.15, 0.2) is 41.3 Å². The molecule has 29 heavy (non-hydrogen) atoms. The van der Waals surface area contributed by atoms with Gasteiger partial charge in [0.2, 0.25) is 5.43 Å². The van der Waals surface area contributed by atoms with Crippen LogP contribution in [0, 0.1) is 5.82 Å². The summed E-state index contributed by atoms with van der Waals surface area (Å²) < 4.78 is 20.6. The predicted octanol–water partition coefficient (Wildman–Crippen LogP) is 3.45. The van der Waals surface area contributed by atoms with E-state index in [0.717, 1.165) is 11.6 Å². The highest BCUT2D eigenvalue weighted by Crippen LogP contribution is 2.33. The van der Waals surface area contributed by atoms with Gasteiger partial charge >= 0.3 is 5.97 Å². The summed E-state index contributed by atoms with van der Waals surface area (Å²) in [6, 6.07) is 8.30. The Bertz CT molecular complexity index is 1140. The maximum Gasteiger partial charge on any atom is 0.341 e. The molecular weight excluding hydrogens is 399 g/mol. The number of H-pyrrole nitrogens is 1. The summed E-state index contributed by atoms with van der Waals surface area (Å²) >= 11 is 5.97. The van der Waals surface area contributed by atoms with Crippen molar-refractivity contribution in [2.24, 2.45) is 0 Å². The minimum Gasteiger partial charge on any atom is -0.477 e. The summed E-state index contributed by atoms with van der Waals surface area (Å²) in [5.41, 5.74) is 1.18. The summed E-state index contributed by atoms with van der Waals surface area (Å²) in [6.07, 6.45) is 1.51. The van der Waals surface area contributed by atoms with Crippen molar-refractivity contribution in [2.45, 2.75) is 6.42 Å². The zero-order chi connectivity index (χ0) is 20.5. The van der Waals surface area contributed by atoms with Gasteiger partial charge in [0.25, 0.3) is 0 Å². The topological polar surface area (TPSA) is 82.6 Å². The number of pyridine rings is 1. The molecule has 0 amide bonds. The Hall–Kier alpha value is -2.90. The number of hydrogen-bond acceptors (Lipinski definition) is 4. The number of hydrogen-bond donors (Lipinski definition) is 2. The molecule has 2 heterocycles. The summed E-state index contributed by atoms with van der Waals surface area (Å²) in [6.45, 7) is 2.00. The van der Waals surface area contributed by atoms with Crippen molar-refractivity contribution >= 4 is 34.2 Å². The lowest BCUT2D eigenvalue weighted by Gasteiger charge is -2.31. The molecule has 2 aromatic carbocycles. The van der Waals surface area contributed by atoms with E-state index in [4.69, 9.17) is 16.3 Å². The molecule has 1 aliphatic rings. The van der Waals surface area contributed by atoms with Crippen molar-refractivity contribution < 1.29 is 19.0 Å². The fourth-order valence-corrected chi connectivity index (χ4v) is 3.78. The van der Waals surface area contributed by atoms with Gasteiger partial charge in [0.05, 0.1) is 24.4 Å². The number of aromatic carboxylic acids is 1. The maximum absolute atomic E-state index is 15.2. The van der Waals surface area contributed by atoms with Gasteiger partial charge in [0, 0.05) is 41.7 Å². The summed E-state index contributed by atoms with van der Waals surface area (Å²) in [4.78, 5) is 28.8. The summed E-state index contributed by atoms with van der Waals surface area (Å²) in [7, 11) is 0. The predicted molar refractivity (Wildman–Crippen MR) is 109 cm³/mol. The molecule has 1 fully saturated rings. The van der Waals surface area contributed by atoms with Gasteiger partial charge < -0.3 is 19.7 Å². The molecule has 2 N–H and O–H groups in total. The molecular formula is C21H18ClFN2O4. The molecule has 0 saturated carbocycles. The Morgan fingerprint density at radius 3 is 2.59 bits per heavy atom. The molecule has 0 atom stereocenters. The lowest BCUT2D eigenvalue weighted by atomic mass is 9.97. The second-order valence-electron chi connectivity index (χ2n) is 6.85. The molecule has 8 heteroatoms. The average Bonchev–Trinajstić information content (AvgIpc) is 2.71. The first-order chi connectivity index (χ1) is 14.0. The number of carbonyl (C=O) groups is 1. The first-order valence-electron chi connectivity index (χ1n) is 9.13. The van der Waals surface area contributed by atoms with Gasteiger partial charge in [-0.15, -0.1) is 0 Å². The van der Waals surface area contributed by atoms with Gasteiger partial charge in [0.1, 0.15) is 11.4 Å². The lowest BCUT2D eigenvalue weighted by molar-refractivity contribution is 0.0695. The lowest BCUT2D eigenvalue weighted by Crippen LogP contribution is -2.37. The quantitative estimate of drug-likeness (QED) is 0.680. The normalized spacial score (nSPS) is 14.3. The van der Waals surface area contributed by atoms with Crippen LogP contribution in [0.25, 0.3) is 10.9 Å². The van der Waals surface area contributed by atoms with E-state index in [-0.39, 0.29) is 5.39 Å². The van der Waals surface area contributed by atoms with Gasteiger partial charge in [-0.1, -0.05) is 23.7 Å². The Balaban J connectivity index is 1.95. The van der Waals surface area contributed by atoms with Crippen molar-refractivity contribution in [3.63, 3.8) is 0 Å². The van der Waals surface area contributed by atoms with Crippen LogP contribution in [0.4, 0.5) is 10.1 Å². The van der Waals surface area contributed by atoms with E-state index in [0.29, 0.717) is 54.5 Å². The number of ether oxygens (including phenoxy) is 1. The van der Waals surface area contributed by atoms with Crippen LogP contribution in [0.1, 0.15) is 21.5 Å². The molecule has 4 rings (SSSR count). The number of aromatic amines is 1. The molecule has 1 saturated heterocycles. The van der Waals surface area contributed by atoms with E-state index in [1.165, 1.54) is 6.20 Å². The highest BCUT2D eigenvalue weighted by atomic mass is 35.5. The Morgan fingerprint density at radius 2 is 1.93 bits per heavy atom. The fraction of sp³-hybridized carbons (Fsp3) is 0.238. The van der Waals surface area contributed by atoms with E-state index >= 15 is 4.39 Å². The first kappa shape index (κ1) is 19.4. The van der Waals surface area contributed by atoms with Crippen molar-refractivity contribution in [2.75, 3.05) is 31.2 Å². The van der Waals surface area contributed by atoms with E-state index in [1.54, 1.807) is 12.1 Å². The minimum absolute atomic E-state index is 0.0170. The molecule has 150 valence electrons. The number of fused-ring (bicyclic) bond motifs is 1. The monoisotopic (exact) mass is 416 g/mol. The third kappa shape index (κ3) is 3.71. The van der Waals surface area contributed by atoms with Crippen molar-refractivity contribution in [1.82, 2.24) is 4.98 Å². The summed E-state index contributed by atoms with van der Waals surface area (Å²) in [5.74, 6) is -1.92. The number of morpholine rings is 1. The number of nitrogens with one attached hydrogen (secondary N) is 1. The SMILES string of the molecule is O=C(O)c1c[nH]c2c(Cc3ccc(Cl)cc3)c(N3CCOCC3)c(F)cc2c1=O. The number of carboxylic acids is 1. The fourth-order valence-electron chi connectivity index (χ4n) is 3.66. The van der Waals surface area contributed by atoms with Crippen LogP contribution in [0.2, 0.25) is 5.02 Å². The zero-order valence-electron chi connectivity index (χ0n) is 15.4. The number of halogens is 2. The number of rotatable bonds is 4. The maximum atomic E-state index is 15.2. The highest BCUT2D eigenvalue weighted by molar-refractivity contribution is 6.30. The molecule has 6 nitrogen and oxygen atoms in total. The van der Waals surface area contributed by atoms with Crippen LogP contribution in [0.5, 0.6) is 0 Å². The van der Waals surface area contributed by atoms with Gasteiger partial charge in [-0.05, 0) is 23.8 Å². The second-order valence-corrected chi connectivity index (χ2v) is 7.28. The Kier molecular flexibility index (Phi) is 5.25. The number of nitrogens with zero attached hydrogens (tertiary/aromatic N) is 1. The van der Waals surface area contributed by atoms with Crippen molar-refractivity contribution in [3.8, 4) is 0 Å². The molecule has 0 spiro atoms. The summed E-state index contributed by atoms with van der Waals surface area (Å²) in [5, 5.41) is 9.84. The van der Waals surface area contributed by atoms with Crippen LogP contribution < -0.4 is 10.3 Å². The highest BCUT2D eigenvalue weighted by Gasteiger charge is 2.24. The van der Waals surface area contributed by atoms with Gasteiger partial charge in [-0.3, -0.25) is 4.79 Å².